The van der Waals surface area contributed by atoms with Gasteiger partial charge < -0.3 is 10.2 Å². The first-order valence-corrected chi connectivity index (χ1v) is 14.4. The Balaban J connectivity index is 2.28. The molecule has 198 valence electrons. The van der Waals surface area contributed by atoms with E-state index < -0.39 is 21.6 Å². The smallest absolute Gasteiger partial charge is 0.243 e. The highest BCUT2D eigenvalue weighted by Gasteiger charge is 2.31. The molecular weight excluding hydrogens is 521 g/mol. The third kappa shape index (κ3) is 8.68. The van der Waals surface area contributed by atoms with Crippen molar-refractivity contribution in [1.29, 1.82) is 0 Å². The number of amides is 2. The van der Waals surface area contributed by atoms with Crippen LogP contribution in [0.1, 0.15) is 52.5 Å². The maximum absolute atomic E-state index is 13.5. The molecule has 36 heavy (non-hydrogen) atoms. The number of carbonyl (C=O) groups excluding carboxylic acids is 2. The van der Waals surface area contributed by atoms with Gasteiger partial charge in [-0.2, -0.15) is 0 Å². The summed E-state index contributed by atoms with van der Waals surface area (Å²) in [5, 5.41) is 3.75. The SMILES string of the molecule is CCC(C(=O)NC(C)(C)C)N(Cc1c(Cl)cccc1Cl)C(=O)CCCN(c1ccccc1)S(C)(=O)=O. The predicted molar refractivity (Wildman–Crippen MR) is 147 cm³/mol. The van der Waals surface area contributed by atoms with Gasteiger partial charge in [0.15, 0.2) is 0 Å². The molecule has 2 aromatic carbocycles. The van der Waals surface area contributed by atoms with Gasteiger partial charge in [0.05, 0.1) is 11.9 Å². The van der Waals surface area contributed by atoms with Crippen molar-refractivity contribution >= 4 is 50.7 Å². The van der Waals surface area contributed by atoms with Crippen molar-refractivity contribution in [2.75, 3.05) is 17.1 Å². The van der Waals surface area contributed by atoms with Crippen LogP contribution < -0.4 is 9.62 Å². The van der Waals surface area contributed by atoms with Crippen LogP contribution in [0, 0.1) is 0 Å². The summed E-state index contributed by atoms with van der Waals surface area (Å²) < 4.78 is 26.0. The van der Waals surface area contributed by atoms with E-state index in [0.717, 1.165) is 6.26 Å². The van der Waals surface area contributed by atoms with Crippen molar-refractivity contribution < 1.29 is 18.0 Å². The average molecular weight is 557 g/mol. The second-order valence-corrected chi connectivity index (χ2v) is 12.4. The van der Waals surface area contributed by atoms with E-state index in [2.05, 4.69) is 5.32 Å². The molecule has 1 atom stereocenters. The van der Waals surface area contributed by atoms with Crippen LogP contribution >= 0.6 is 23.2 Å². The molecule has 0 aromatic heterocycles. The minimum Gasteiger partial charge on any atom is -0.350 e. The minimum absolute atomic E-state index is 0.0419. The molecule has 0 spiro atoms. The average Bonchev–Trinajstić information content (AvgIpc) is 2.77. The molecule has 0 aliphatic rings. The molecule has 0 aliphatic carbocycles. The van der Waals surface area contributed by atoms with Crippen molar-refractivity contribution in [3.8, 4) is 0 Å². The molecule has 10 heteroatoms. The van der Waals surface area contributed by atoms with E-state index >= 15 is 0 Å². The number of carbonyl (C=O) groups is 2. The Kier molecular flexibility index (Phi) is 10.6. The van der Waals surface area contributed by atoms with Crippen molar-refractivity contribution in [3.05, 3.63) is 64.1 Å². The summed E-state index contributed by atoms with van der Waals surface area (Å²) in [6, 6.07) is 13.1. The second kappa shape index (κ2) is 12.8. The van der Waals surface area contributed by atoms with Gasteiger partial charge >= 0.3 is 0 Å². The number of hydrogen-bond donors (Lipinski definition) is 1. The standard InChI is InChI=1S/C26H35Cl2N3O4S/c1-6-23(25(33)29-26(2,3)4)30(18-20-21(27)14-10-15-22(20)28)24(32)16-11-17-31(36(5,34)35)19-12-8-7-9-13-19/h7-10,12-15,23H,6,11,16-18H2,1-5H3,(H,29,33). The fourth-order valence-corrected chi connectivity index (χ4v) is 5.31. The molecule has 0 saturated heterocycles. The topological polar surface area (TPSA) is 86.8 Å². The van der Waals surface area contributed by atoms with Gasteiger partial charge in [-0.1, -0.05) is 54.4 Å². The van der Waals surface area contributed by atoms with Crippen LogP contribution in [0.4, 0.5) is 5.69 Å². The molecule has 1 N–H and O–H groups in total. The molecule has 1 unspecified atom stereocenters. The van der Waals surface area contributed by atoms with Crippen LogP contribution in [0.2, 0.25) is 10.0 Å². The molecule has 0 aliphatic heterocycles. The number of anilines is 1. The summed E-state index contributed by atoms with van der Waals surface area (Å²) in [7, 11) is -3.54. The number of para-hydroxylation sites is 1. The van der Waals surface area contributed by atoms with Gasteiger partial charge in [0, 0.05) is 40.7 Å². The van der Waals surface area contributed by atoms with Gasteiger partial charge in [-0.15, -0.1) is 0 Å². The zero-order valence-corrected chi connectivity index (χ0v) is 23.8. The first kappa shape index (κ1) is 29.9. The quantitative estimate of drug-likeness (QED) is 0.409. The first-order chi connectivity index (χ1) is 16.7. The lowest BCUT2D eigenvalue weighted by atomic mass is 10.0. The lowest BCUT2D eigenvalue weighted by Gasteiger charge is -2.33. The number of halogens is 2. The second-order valence-electron chi connectivity index (χ2n) is 9.66. The Labute approximate surface area is 224 Å². The molecule has 7 nitrogen and oxygen atoms in total. The zero-order valence-electron chi connectivity index (χ0n) is 21.4. The zero-order chi connectivity index (χ0) is 27.1. The summed E-state index contributed by atoms with van der Waals surface area (Å²) in [5.74, 6) is -0.563. The van der Waals surface area contributed by atoms with Crippen LogP contribution in [0.15, 0.2) is 48.5 Å². The van der Waals surface area contributed by atoms with Crippen molar-refractivity contribution in [2.45, 2.75) is 65.1 Å². The van der Waals surface area contributed by atoms with Gasteiger partial charge in [-0.25, -0.2) is 8.42 Å². The van der Waals surface area contributed by atoms with E-state index in [-0.39, 0.29) is 37.7 Å². The Morgan fingerprint density at radius 3 is 2.08 bits per heavy atom. The van der Waals surface area contributed by atoms with Crippen molar-refractivity contribution in [3.63, 3.8) is 0 Å². The lowest BCUT2D eigenvalue weighted by molar-refractivity contribution is -0.142. The molecule has 0 fully saturated rings. The molecule has 0 heterocycles. The number of sulfonamides is 1. The highest BCUT2D eigenvalue weighted by molar-refractivity contribution is 7.92. The van der Waals surface area contributed by atoms with Crippen LogP contribution in [0.3, 0.4) is 0 Å². The number of benzene rings is 2. The van der Waals surface area contributed by atoms with Crippen LogP contribution in [-0.4, -0.2) is 49.5 Å². The minimum atomic E-state index is -3.54. The number of nitrogens with one attached hydrogen (secondary N) is 1. The van der Waals surface area contributed by atoms with Crippen molar-refractivity contribution in [1.82, 2.24) is 10.2 Å². The van der Waals surface area contributed by atoms with Crippen molar-refractivity contribution in [2.24, 2.45) is 0 Å². The summed E-state index contributed by atoms with van der Waals surface area (Å²) >= 11 is 12.8. The van der Waals surface area contributed by atoms with E-state index in [1.165, 1.54) is 9.21 Å². The van der Waals surface area contributed by atoms with E-state index in [4.69, 9.17) is 23.2 Å². The van der Waals surface area contributed by atoms with Gasteiger partial charge in [0.2, 0.25) is 21.8 Å². The largest absolute Gasteiger partial charge is 0.350 e. The Bertz CT molecular complexity index is 1130. The van der Waals surface area contributed by atoms with E-state index in [1.54, 1.807) is 48.5 Å². The van der Waals surface area contributed by atoms with Gasteiger partial charge in [0.1, 0.15) is 6.04 Å². The third-order valence-electron chi connectivity index (χ3n) is 5.47. The van der Waals surface area contributed by atoms with Gasteiger partial charge in [-0.05, 0) is 57.9 Å². The van der Waals surface area contributed by atoms with Gasteiger partial charge in [0.25, 0.3) is 0 Å². The van der Waals surface area contributed by atoms with Crippen LogP contribution in [-0.2, 0) is 26.2 Å². The Morgan fingerprint density at radius 2 is 1.58 bits per heavy atom. The van der Waals surface area contributed by atoms with E-state index in [9.17, 15) is 18.0 Å². The molecule has 2 aromatic rings. The predicted octanol–water partition coefficient (Wildman–Crippen LogP) is 5.26. The first-order valence-electron chi connectivity index (χ1n) is 11.8. The molecule has 2 rings (SSSR count). The molecule has 2 amide bonds. The molecular formula is C26H35Cl2N3O4S. The van der Waals surface area contributed by atoms with E-state index in [0.29, 0.717) is 27.7 Å². The highest BCUT2D eigenvalue weighted by atomic mass is 35.5. The van der Waals surface area contributed by atoms with Crippen LogP contribution in [0.5, 0.6) is 0 Å². The van der Waals surface area contributed by atoms with E-state index in [1.807, 2.05) is 27.7 Å². The number of rotatable bonds is 11. The fraction of sp³-hybridized carbons (Fsp3) is 0.462. The van der Waals surface area contributed by atoms with Gasteiger partial charge in [-0.3, -0.25) is 13.9 Å². The third-order valence-corrected chi connectivity index (χ3v) is 7.37. The highest BCUT2D eigenvalue weighted by Crippen LogP contribution is 2.27. The Morgan fingerprint density at radius 1 is 1.00 bits per heavy atom. The summed E-state index contributed by atoms with van der Waals surface area (Å²) in [6.07, 6.45) is 1.83. The van der Waals surface area contributed by atoms with Crippen LogP contribution in [0.25, 0.3) is 0 Å². The summed E-state index contributed by atoms with van der Waals surface area (Å²) in [4.78, 5) is 28.1. The maximum atomic E-state index is 13.5. The Hall–Kier alpha value is -2.29. The summed E-state index contributed by atoms with van der Waals surface area (Å²) in [6.45, 7) is 7.64. The lowest BCUT2D eigenvalue weighted by Crippen LogP contribution is -2.53. The normalized spacial score (nSPS) is 12.6. The summed E-state index contributed by atoms with van der Waals surface area (Å²) in [5.41, 5.74) is 0.605. The molecule has 0 saturated carbocycles. The molecule has 0 radical (unpaired) electrons. The maximum Gasteiger partial charge on any atom is 0.243 e. The fourth-order valence-electron chi connectivity index (χ4n) is 3.82. The monoisotopic (exact) mass is 555 g/mol. The number of hydrogen-bond acceptors (Lipinski definition) is 4. The number of nitrogens with zero attached hydrogens (tertiary/aromatic N) is 2. The molecule has 0 bridgehead atoms.